The van der Waals surface area contributed by atoms with E-state index in [0.717, 1.165) is 18.8 Å². The monoisotopic (exact) mass is 249 g/mol. The van der Waals surface area contributed by atoms with Gasteiger partial charge in [-0.1, -0.05) is 0 Å². The Bertz CT molecular complexity index is 440. The highest BCUT2D eigenvalue weighted by atomic mass is 16.5. The number of ether oxygens (including phenoxy) is 1. The summed E-state index contributed by atoms with van der Waals surface area (Å²) in [5.41, 5.74) is 8.28. The van der Waals surface area contributed by atoms with Crippen molar-refractivity contribution in [3.8, 4) is 0 Å². The maximum atomic E-state index is 11.9. The minimum absolute atomic E-state index is 0.00971. The smallest absolute Gasteiger partial charge is 0.253 e. The molecule has 0 saturated carbocycles. The number of hydrogen-bond acceptors (Lipinski definition) is 4. The largest absolute Gasteiger partial charge is 0.397 e. The summed E-state index contributed by atoms with van der Waals surface area (Å²) >= 11 is 0. The molecule has 0 bridgehead atoms. The highest BCUT2D eigenvalue weighted by molar-refractivity contribution is 5.96. The molecule has 0 atom stereocenters. The number of benzene rings is 1. The van der Waals surface area contributed by atoms with Gasteiger partial charge in [0.05, 0.1) is 24.6 Å². The molecule has 1 aliphatic rings. The molecule has 5 nitrogen and oxygen atoms in total. The summed E-state index contributed by atoms with van der Waals surface area (Å²) in [5.74, 6) is -0.00971. The Morgan fingerprint density at radius 2 is 2.00 bits per heavy atom. The lowest BCUT2D eigenvalue weighted by atomic mass is 10.1. The van der Waals surface area contributed by atoms with Gasteiger partial charge in [0.2, 0.25) is 0 Å². The average Bonchev–Trinajstić information content (AvgIpc) is 2.39. The number of rotatable bonds is 2. The van der Waals surface area contributed by atoms with E-state index in [1.807, 2.05) is 6.07 Å². The van der Waals surface area contributed by atoms with Gasteiger partial charge in [-0.3, -0.25) is 4.79 Å². The summed E-state index contributed by atoms with van der Waals surface area (Å²) in [7, 11) is 3.49. The Morgan fingerprint density at radius 3 is 2.61 bits per heavy atom. The zero-order chi connectivity index (χ0) is 13.1. The van der Waals surface area contributed by atoms with Crippen molar-refractivity contribution in [2.75, 3.05) is 51.0 Å². The van der Waals surface area contributed by atoms with Crippen LogP contribution < -0.4 is 10.6 Å². The Hall–Kier alpha value is -1.75. The van der Waals surface area contributed by atoms with Gasteiger partial charge < -0.3 is 20.3 Å². The standard InChI is InChI=1S/C13H19N3O2/c1-15(2)13(17)10-3-4-11(14)12(9-10)16-5-7-18-8-6-16/h3-4,9H,5-8,14H2,1-2H3. The Kier molecular flexibility index (Phi) is 3.72. The van der Waals surface area contributed by atoms with Crippen molar-refractivity contribution in [2.45, 2.75) is 0 Å². The van der Waals surface area contributed by atoms with Crippen LogP contribution in [0, 0.1) is 0 Å². The number of anilines is 2. The van der Waals surface area contributed by atoms with Crippen molar-refractivity contribution in [1.82, 2.24) is 4.90 Å². The van der Waals surface area contributed by atoms with E-state index in [1.54, 1.807) is 31.1 Å². The first-order valence-corrected chi connectivity index (χ1v) is 6.03. The van der Waals surface area contributed by atoms with Gasteiger partial charge in [0, 0.05) is 32.7 Å². The number of nitrogen functional groups attached to an aromatic ring is 1. The Balaban J connectivity index is 2.28. The highest BCUT2D eigenvalue weighted by Crippen LogP contribution is 2.25. The lowest BCUT2D eigenvalue weighted by molar-refractivity contribution is 0.0827. The van der Waals surface area contributed by atoms with Crippen LogP contribution in [-0.4, -0.2) is 51.2 Å². The SMILES string of the molecule is CN(C)C(=O)c1ccc(N)c(N2CCOCC2)c1. The molecule has 1 heterocycles. The number of amides is 1. The number of carbonyl (C=O) groups excluding carboxylic acids is 1. The number of carbonyl (C=O) groups is 1. The van der Waals surface area contributed by atoms with Gasteiger partial charge in [-0.15, -0.1) is 0 Å². The predicted octanol–water partition coefficient (Wildman–Crippen LogP) is 0.807. The number of nitrogens with zero attached hydrogens (tertiary/aromatic N) is 2. The lowest BCUT2D eigenvalue weighted by Crippen LogP contribution is -2.36. The zero-order valence-corrected chi connectivity index (χ0v) is 10.8. The van der Waals surface area contributed by atoms with Crippen LogP contribution in [0.2, 0.25) is 0 Å². The molecule has 1 fully saturated rings. The second-order valence-corrected chi connectivity index (χ2v) is 4.57. The quantitative estimate of drug-likeness (QED) is 0.788. The van der Waals surface area contributed by atoms with Crippen LogP contribution in [0.5, 0.6) is 0 Å². The Labute approximate surface area is 107 Å². The fourth-order valence-electron chi connectivity index (χ4n) is 2.01. The molecule has 0 unspecified atom stereocenters. The first-order valence-electron chi connectivity index (χ1n) is 6.03. The summed E-state index contributed by atoms with van der Waals surface area (Å²) in [6.07, 6.45) is 0. The molecular formula is C13H19N3O2. The predicted molar refractivity (Wildman–Crippen MR) is 71.9 cm³/mol. The molecule has 1 aliphatic heterocycles. The minimum atomic E-state index is -0.00971. The van der Waals surface area contributed by atoms with E-state index in [1.165, 1.54) is 0 Å². The molecule has 1 aromatic rings. The molecule has 18 heavy (non-hydrogen) atoms. The first kappa shape index (κ1) is 12.7. The molecule has 1 amide bonds. The number of nitrogens with two attached hydrogens (primary N) is 1. The van der Waals surface area contributed by atoms with Gasteiger partial charge in [-0.2, -0.15) is 0 Å². The second-order valence-electron chi connectivity index (χ2n) is 4.57. The van der Waals surface area contributed by atoms with Crippen molar-refractivity contribution in [1.29, 1.82) is 0 Å². The van der Waals surface area contributed by atoms with E-state index in [9.17, 15) is 4.79 Å². The van der Waals surface area contributed by atoms with Crippen molar-refractivity contribution < 1.29 is 9.53 Å². The molecule has 5 heteroatoms. The summed E-state index contributed by atoms with van der Waals surface area (Å²) in [6, 6.07) is 5.42. The van der Waals surface area contributed by atoms with Crippen LogP contribution in [0.3, 0.4) is 0 Å². The van der Waals surface area contributed by atoms with Crippen LogP contribution in [0.15, 0.2) is 18.2 Å². The molecule has 98 valence electrons. The van der Waals surface area contributed by atoms with Crippen LogP contribution in [0.4, 0.5) is 11.4 Å². The third-order valence-electron chi connectivity index (χ3n) is 3.04. The zero-order valence-electron chi connectivity index (χ0n) is 10.8. The Morgan fingerprint density at radius 1 is 1.33 bits per heavy atom. The number of hydrogen-bond donors (Lipinski definition) is 1. The third-order valence-corrected chi connectivity index (χ3v) is 3.04. The van der Waals surface area contributed by atoms with Gasteiger partial charge in [0.1, 0.15) is 0 Å². The van der Waals surface area contributed by atoms with Gasteiger partial charge in [-0.05, 0) is 18.2 Å². The van der Waals surface area contributed by atoms with Gasteiger partial charge in [0.25, 0.3) is 5.91 Å². The van der Waals surface area contributed by atoms with Crippen LogP contribution in [-0.2, 0) is 4.74 Å². The maximum Gasteiger partial charge on any atom is 0.253 e. The van der Waals surface area contributed by atoms with Gasteiger partial charge >= 0.3 is 0 Å². The normalized spacial score (nSPS) is 15.6. The van der Waals surface area contributed by atoms with Crippen molar-refractivity contribution in [2.24, 2.45) is 0 Å². The van der Waals surface area contributed by atoms with E-state index < -0.39 is 0 Å². The molecule has 2 N–H and O–H groups in total. The van der Waals surface area contributed by atoms with Crippen LogP contribution in [0.1, 0.15) is 10.4 Å². The van der Waals surface area contributed by atoms with Crippen LogP contribution in [0.25, 0.3) is 0 Å². The highest BCUT2D eigenvalue weighted by Gasteiger charge is 2.16. The third kappa shape index (κ3) is 2.56. The molecule has 2 rings (SSSR count). The fraction of sp³-hybridized carbons (Fsp3) is 0.462. The van der Waals surface area contributed by atoms with Crippen molar-refractivity contribution in [3.63, 3.8) is 0 Å². The topological polar surface area (TPSA) is 58.8 Å². The molecule has 0 spiro atoms. The van der Waals surface area contributed by atoms with E-state index in [-0.39, 0.29) is 5.91 Å². The fourth-order valence-corrected chi connectivity index (χ4v) is 2.01. The molecule has 1 saturated heterocycles. The van der Waals surface area contributed by atoms with E-state index in [4.69, 9.17) is 10.5 Å². The summed E-state index contributed by atoms with van der Waals surface area (Å²) in [4.78, 5) is 15.7. The second kappa shape index (κ2) is 5.27. The summed E-state index contributed by atoms with van der Waals surface area (Å²) in [5, 5.41) is 0. The van der Waals surface area contributed by atoms with Gasteiger partial charge in [0.15, 0.2) is 0 Å². The van der Waals surface area contributed by atoms with E-state index >= 15 is 0 Å². The first-order chi connectivity index (χ1) is 8.59. The van der Waals surface area contributed by atoms with Gasteiger partial charge in [-0.25, -0.2) is 0 Å². The average molecular weight is 249 g/mol. The lowest BCUT2D eigenvalue weighted by Gasteiger charge is -2.30. The molecule has 0 aromatic heterocycles. The molecule has 1 aromatic carbocycles. The van der Waals surface area contributed by atoms with E-state index in [2.05, 4.69) is 4.90 Å². The van der Waals surface area contributed by atoms with Crippen molar-refractivity contribution in [3.05, 3.63) is 23.8 Å². The molecular weight excluding hydrogens is 230 g/mol. The minimum Gasteiger partial charge on any atom is -0.397 e. The van der Waals surface area contributed by atoms with Crippen LogP contribution >= 0.6 is 0 Å². The molecule has 0 radical (unpaired) electrons. The number of morpholine rings is 1. The summed E-state index contributed by atoms with van der Waals surface area (Å²) < 4.78 is 5.32. The van der Waals surface area contributed by atoms with E-state index in [0.29, 0.717) is 24.5 Å². The summed E-state index contributed by atoms with van der Waals surface area (Å²) in [6.45, 7) is 3.02. The maximum absolute atomic E-state index is 11.9. The van der Waals surface area contributed by atoms with Crippen molar-refractivity contribution >= 4 is 17.3 Å². The molecule has 0 aliphatic carbocycles.